The molecule has 3 aromatic carbocycles. The van der Waals surface area contributed by atoms with Crippen LogP contribution in [0.25, 0.3) is 0 Å². The van der Waals surface area contributed by atoms with Crippen LogP contribution in [-0.2, 0) is 51.1 Å². The third-order valence-corrected chi connectivity index (χ3v) is 14.4. The van der Waals surface area contributed by atoms with Gasteiger partial charge in [-0.05, 0) is 105 Å². The fourth-order valence-corrected chi connectivity index (χ4v) is 9.59. The molecule has 0 aromatic heterocycles. The number of carbonyl (C=O) groups is 6. The molecule has 5 amide bonds. The van der Waals surface area contributed by atoms with Crippen LogP contribution in [-0.4, -0.2) is 128 Å². The lowest BCUT2D eigenvalue weighted by Gasteiger charge is -2.30. The number of aryl methyl sites for hydroxylation is 2. The van der Waals surface area contributed by atoms with Gasteiger partial charge in [0.15, 0.2) is 5.78 Å². The van der Waals surface area contributed by atoms with E-state index in [9.17, 15) is 47.4 Å². The van der Waals surface area contributed by atoms with Crippen molar-refractivity contribution in [1.82, 2.24) is 31.5 Å². The van der Waals surface area contributed by atoms with Crippen molar-refractivity contribution < 1.29 is 51.6 Å². The number of nitrogens with zero attached hydrogens (tertiary/aromatic N) is 2. The van der Waals surface area contributed by atoms with E-state index in [0.717, 1.165) is 31.4 Å². The molecule has 424 valence electrons. The molecule has 0 fully saturated rings. The minimum atomic E-state index is -4.71. The standard InChI is InChI=1S/C57H84N8O11S/c1-10-18-45(64-58)35-59-53(69)44-25-23-41(8)50(34-44)77(74,75)76-37-57(9,73)52(68)47(31-38(3)4)61-56(72)49(33-43-21-16-13-17-22-43)63-55(71)48(32-39(5)6)62-54(70)46(26-24-42-19-14-12-15-20-42)60-51(67)36-65(29-30-66)28-27-40(7)11-2/h12-23,25,34,38-40,46-49,58,66,73H,10-11,24,26-33,35-37H2,1-9H3,(H,59,69)(H,60,67)(H,61,72)(H,62,70)(H,63,71)/b45-18-,64-58?/t40?,46-,47-,48-,49-,57?/m0/s1. The Morgan fingerprint density at radius 1 is 0.766 bits per heavy atom. The van der Waals surface area contributed by atoms with Crippen molar-refractivity contribution >= 4 is 45.4 Å². The van der Waals surface area contributed by atoms with Crippen LogP contribution in [0.5, 0.6) is 0 Å². The van der Waals surface area contributed by atoms with Crippen molar-refractivity contribution in [2.24, 2.45) is 22.9 Å². The SMILES string of the molecule is CC/C=C(/CNC(=O)c1ccc(C)c(S(=O)(=O)OCC(C)(O)C(=O)[C@H](CC(C)C)NC(=O)[C@H](Cc2ccccc2)NC(=O)[C@H](CC(C)C)NC(=O)[C@H](CCc2ccccc2)NC(=O)CN(CCO)CCC(C)CC)c1)N=N. The Hall–Kier alpha value is -6.19. The molecule has 3 aromatic rings. The van der Waals surface area contributed by atoms with Crippen molar-refractivity contribution in [3.63, 3.8) is 0 Å². The van der Waals surface area contributed by atoms with E-state index < -0.39 is 81.8 Å². The number of aliphatic hydroxyl groups excluding tert-OH is 1. The topological polar surface area (TPSA) is 286 Å². The number of rotatable bonds is 35. The summed E-state index contributed by atoms with van der Waals surface area (Å²) in [7, 11) is -4.71. The van der Waals surface area contributed by atoms with E-state index in [0.29, 0.717) is 36.6 Å². The van der Waals surface area contributed by atoms with E-state index in [-0.39, 0.29) is 79.8 Å². The number of aliphatic hydroxyl groups is 2. The largest absolute Gasteiger partial charge is 0.395 e. The van der Waals surface area contributed by atoms with Gasteiger partial charge in [-0.2, -0.15) is 13.5 Å². The van der Waals surface area contributed by atoms with Crippen LogP contribution in [0, 0.1) is 30.2 Å². The molecule has 6 atom stereocenters. The van der Waals surface area contributed by atoms with Gasteiger partial charge < -0.3 is 36.8 Å². The fourth-order valence-electron chi connectivity index (χ4n) is 8.35. The van der Waals surface area contributed by atoms with Crippen LogP contribution in [0.3, 0.4) is 0 Å². The number of ketones is 1. The molecule has 2 unspecified atom stereocenters. The summed E-state index contributed by atoms with van der Waals surface area (Å²) in [5.74, 6) is -4.10. The van der Waals surface area contributed by atoms with Crippen LogP contribution in [0.1, 0.15) is 121 Å². The van der Waals surface area contributed by atoms with Gasteiger partial charge in [-0.3, -0.25) is 37.9 Å². The first-order valence-corrected chi connectivity index (χ1v) is 28.1. The van der Waals surface area contributed by atoms with Crippen LogP contribution in [0.4, 0.5) is 0 Å². The third-order valence-electron chi connectivity index (χ3n) is 13.0. The second-order valence-electron chi connectivity index (χ2n) is 20.8. The minimum Gasteiger partial charge on any atom is -0.395 e. The van der Waals surface area contributed by atoms with E-state index in [2.05, 4.69) is 45.5 Å². The Balaban J connectivity index is 1.89. The lowest BCUT2D eigenvalue weighted by Crippen LogP contribution is -2.60. The second-order valence-corrected chi connectivity index (χ2v) is 22.4. The van der Waals surface area contributed by atoms with Gasteiger partial charge in [-0.1, -0.05) is 128 Å². The minimum absolute atomic E-state index is 0.00383. The first-order valence-electron chi connectivity index (χ1n) is 26.7. The summed E-state index contributed by atoms with van der Waals surface area (Å²) in [5.41, 5.74) is 6.89. The maximum Gasteiger partial charge on any atom is 0.297 e. The smallest absolute Gasteiger partial charge is 0.297 e. The summed E-state index contributed by atoms with van der Waals surface area (Å²) in [6, 6.07) is 17.2. The maximum atomic E-state index is 14.5. The number of Topliss-reactive ketones (excluding diaryl/α,β-unsaturated/α-hetero) is 1. The molecule has 20 heteroatoms. The predicted molar refractivity (Wildman–Crippen MR) is 295 cm³/mol. The number of hydrogen-bond acceptors (Lipinski definition) is 14. The Bertz CT molecular complexity index is 2540. The van der Waals surface area contributed by atoms with Crippen molar-refractivity contribution in [3.05, 3.63) is 113 Å². The van der Waals surface area contributed by atoms with Gasteiger partial charge in [0.1, 0.15) is 30.3 Å². The van der Waals surface area contributed by atoms with Gasteiger partial charge in [-0.15, -0.1) is 0 Å². The Labute approximate surface area is 455 Å². The van der Waals surface area contributed by atoms with Crippen molar-refractivity contribution in [2.45, 2.75) is 148 Å². The third kappa shape index (κ3) is 22.7. The van der Waals surface area contributed by atoms with Crippen LogP contribution in [0.15, 0.2) is 101 Å². The average molecular weight is 1090 g/mol. The molecule has 0 spiro atoms. The van der Waals surface area contributed by atoms with E-state index in [1.165, 1.54) is 19.1 Å². The number of amides is 5. The number of carbonyl (C=O) groups excluding carboxylic acids is 6. The Morgan fingerprint density at radius 2 is 1.34 bits per heavy atom. The summed E-state index contributed by atoms with van der Waals surface area (Å²) in [5, 5.41) is 38.7. The second kappa shape index (κ2) is 32.5. The highest BCUT2D eigenvalue weighted by Gasteiger charge is 2.40. The Morgan fingerprint density at radius 3 is 1.92 bits per heavy atom. The summed E-state index contributed by atoms with van der Waals surface area (Å²) in [6.45, 7) is 15.4. The van der Waals surface area contributed by atoms with E-state index in [1.54, 1.807) is 50.3 Å². The fraction of sp³-hybridized carbons (Fsp3) is 0.544. The molecule has 77 heavy (non-hydrogen) atoms. The lowest BCUT2D eigenvalue weighted by atomic mass is 9.90. The predicted octanol–water partition coefficient (Wildman–Crippen LogP) is 5.71. The zero-order chi connectivity index (χ0) is 57.3. The van der Waals surface area contributed by atoms with Crippen molar-refractivity contribution in [2.75, 3.05) is 39.4 Å². The van der Waals surface area contributed by atoms with Crippen LogP contribution < -0.4 is 26.6 Å². The van der Waals surface area contributed by atoms with Crippen LogP contribution >= 0.6 is 0 Å². The zero-order valence-corrected chi connectivity index (χ0v) is 47.2. The summed E-state index contributed by atoms with van der Waals surface area (Å²) >= 11 is 0. The Kier molecular flexibility index (Phi) is 27.5. The zero-order valence-electron chi connectivity index (χ0n) is 46.4. The molecule has 0 radical (unpaired) electrons. The molecule has 0 bridgehead atoms. The van der Waals surface area contributed by atoms with E-state index in [4.69, 9.17) is 9.71 Å². The normalized spacial score (nSPS) is 14.6. The van der Waals surface area contributed by atoms with Gasteiger partial charge in [-0.25, -0.2) is 5.53 Å². The molecule has 8 N–H and O–H groups in total. The van der Waals surface area contributed by atoms with Gasteiger partial charge in [0.05, 0.1) is 36.3 Å². The molecular formula is C57H84N8O11S. The molecule has 0 saturated heterocycles. The molecule has 0 aliphatic carbocycles. The number of allylic oxidation sites excluding steroid dienone is 1. The quantitative estimate of drug-likeness (QED) is 0.0260. The highest BCUT2D eigenvalue weighted by molar-refractivity contribution is 7.86. The van der Waals surface area contributed by atoms with Gasteiger partial charge in [0.25, 0.3) is 16.0 Å². The molecule has 3 rings (SSSR count). The maximum absolute atomic E-state index is 14.5. The number of benzene rings is 3. The number of nitrogens with one attached hydrogen (secondary N) is 6. The van der Waals surface area contributed by atoms with E-state index >= 15 is 0 Å². The number of hydrogen-bond donors (Lipinski definition) is 8. The van der Waals surface area contributed by atoms with Gasteiger partial charge in [0, 0.05) is 18.5 Å². The summed E-state index contributed by atoms with van der Waals surface area (Å²) in [6.07, 6.45) is 4.74. The first kappa shape index (κ1) is 65.1. The van der Waals surface area contributed by atoms with Crippen molar-refractivity contribution in [3.8, 4) is 0 Å². The molecule has 0 heterocycles. The van der Waals surface area contributed by atoms with Crippen molar-refractivity contribution in [1.29, 1.82) is 5.53 Å². The lowest BCUT2D eigenvalue weighted by molar-refractivity contribution is -0.143. The molecule has 0 aliphatic rings. The van der Waals surface area contributed by atoms with Gasteiger partial charge >= 0.3 is 0 Å². The monoisotopic (exact) mass is 1090 g/mol. The highest BCUT2D eigenvalue weighted by atomic mass is 32.2. The summed E-state index contributed by atoms with van der Waals surface area (Å²) in [4.78, 5) is 85.8. The van der Waals surface area contributed by atoms with Gasteiger partial charge in [0.2, 0.25) is 23.6 Å². The van der Waals surface area contributed by atoms with E-state index in [1.807, 2.05) is 56.0 Å². The highest BCUT2D eigenvalue weighted by Crippen LogP contribution is 2.23. The average Bonchev–Trinajstić information content (AvgIpc) is 3.39. The first-order chi connectivity index (χ1) is 36.4. The summed E-state index contributed by atoms with van der Waals surface area (Å²) < 4.78 is 32.6. The molecule has 0 saturated carbocycles. The van der Waals surface area contributed by atoms with Crippen LogP contribution in [0.2, 0.25) is 0 Å². The molecule has 0 aliphatic heterocycles. The molecule has 19 nitrogen and oxygen atoms in total. The molecular weight excluding hydrogens is 1000 g/mol.